The molecule has 0 amide bonds. The summed E-state index contributed by atoms with van der Waals surface area (Å²) < 4.78 is 28.5. The highest BCUT2D eigenvalue weighted by molar-refractivity contribution is 7.86. The first-order valence-corrected chi connectivity index (χ1v) is 8.91. The number of hydrogen-bond acceptors (Lipinski definition) is 3. The van der Waals surface area contributed by atoms with E-state index in [1.165, 1.54) is 0 Å². The van der Waals surface area contributed by atoms with E-state index in [-0.39, 0.29) is 0 Å². The zero-order chi connectivity index (χ0) is 13.9. The summed E-state index contributed by atoms with van der Waals surface area (Å²) in [5.41, 5.74) is 0. The second-order valence-electron chi connectivity index (χ2n) is 5.85. The van der Waals surface area contributed by atoms with Crippen LogP contribution in [0.5, 0.6) is 0 Å². The third-order valence-electron chi connectivity index (χ3n) is 4.14. The van der Waals surface area contributed by atoms with E-state index < -0.39 is 10.2 Å². The molecule has 0 aromatic heterocycles. The highest BCUT2D eigenvalue weighted by Gasteiger charge is 2.34. The van der Waals surface area contributed by atoms with Crippen LogP contribution in [0.3, 0.4) is 0 Å². The van der Waals surface area contributed by atoms with Gasteiger partial charge in [-0.1, -0.05) is 13.8 Å². The molecule has 0 spiro atoms. The summed E-state index contributed by atoms with van der Waals surface area (Å²) in [5.74, 6) is 0.491. The Kier molecular flexibility index (Phi) is 5.22. The second-order valence-corrected chi connectivity index (χ2v) is 7.78. The first-order chi connectivity index (χ1) is 9.04. The Labute approximate surface area is 117 Å². The first-order valence-electron chi connectivity index (χ1n) is 7.51. The molecule has 0 aromatic carbocycles. The van der Waals surface area contributed by atoms with E-state index in [1.54, 1.807) is 8.61 Å². The SMILES string of the molecule is CCCN1CCN(S(=O)(=O)N2CCC[C@@H](C)C2)CC1. The van der Waals surface area contributed by atoms with Crippen LogP contribution in [0.15, 0.2) is 0 Å². The average molecular weight is 289 g/mol. The van der Waals surface area contributed by atoms with Crippen molar-refractivity contribution < 1.29 is 8.42 Å². The van der Waals surface area contributed by atoms with E-state index in [9.17, 15) is 8.42 Å². The molecule has 1 atom stereocenters. The van der Waals surface area contributed by atoms with Gasteiger partial charge in [0.15, 0.2) is 0 Å². The minimum absolute atomic E-state index is 0.491. The standard InChI is InChI=1S/C13H27N3O2S/c1-3-6-14-8-10-15(11-9-14)19(17,18)16-7-4-5-13(2)12-16/h13H,3-12H2,1-2H3/t13-/m1/s1. The fraction of sp³-hybridized carbons (Fsp3) is 1.00. The predicted molar refractivity (Wildman–Crippen MR) is 77.2 cm³/mol. The predicted octanol–water partition coefficient (Wildman–Crippen LogP) is 0.991. The summed E-state index contributed by atoms with van der Waals surface area (Å²) >= 11 is 0. The summed E-state index contributed by atoms with van der Waals surface area (Å²) in [4.78, 5) is 2.35. The summed E-state index contributed by atoms with van der Waals surface area (Å²) in [5, 5.41) is 0. The van der Waals surface area contributed by atoms with Crippen LogP contribution in [0.4, 0.5) is 0 Å². The molecule has 6 heteroatoms. The molecule has 2 fully saturated rings. The van der Waals surface area contributed by atoms with Crippen LogP contribution >= 0.6 is 0 Å². The van der Waals surface area contributed by atoms with E-state index in [1.807, 2.05) is 0 Å². The van der Waals surface area contributed by atoms with Gasteiger partial charge in [0.25, 0.3) is 10.2 Å². The Bertz CT molecular complexity index is 377. The Hall–Kier alpha value is -0.170. The van der Waals surface area contributed by atoms with Crippen LogP contribution in [0, 0.1) is 5.92 Å². The number of piperazine rings is 1. The van der Waals surface area contributed by atoms with Crippen molar-refractivity contribution in [3.05, 3.63) is 0 Å². The van der Waals surface area contributed by atoms with Crippen LogP contribution in [0.25, 0.3) is 0 Å². The monoisotopic (exact) mass is 289 g/mol. The highest BCUT2D eigenvalue weighted by Crippen LogP contribution is 2.21. The molecular formula is C13H27N3O2S. The zero-order valence-electron chi connectivity index (χ0n) is 12.2. The Morgan fingerprint density at radius 2 is 1.74 bits per heavy atom. The Balaban J connectivity index is 1.93. The van der Waals surface area contributed by atoms with Gasteiger partial charge in [-0.3, -0.25) is 0 Å². The van der Waals surface area contributed by atoms with Crippen molar-refractivity contribution >= 4 is 10.2 Å². The maximum atomic E-state index is 12.6. The molecule has 0 unspecified atom stereocenters. The summed E-state index contributed by atoms with van der Waals surface area (Å²) in [6, 6.07) is 0. The molecule has 2 rings (SSSR count). The zero-order valence-corrected chi connectivity index (χ0v) is 13.0. The van der Waals surface area contributed by atoms with E-state index in [2.05, 4.69) is 18.7 Å². The van der Waals surface area contributed by atoms with E-state index in [4.69, 9.17) is 0 Å². The van der Waals surface area contributed by atoms with Crippen molar-refractivity contribution in [2.24, 2.45) is 5.92 Å². The number of nitrogens with zero attached hydrogens (tertiary/aromatic N) is 3. The van der Waals surface area contributed by atoms with Crippen LogP contribution in [0.2, 0.25) is 0 Å². The molecule has 2 saturated heterocycles. The van der Waals surface area contributed by atoms with E-state index in [0.717, 1.165) is 38.9 Å². The van der Waals surface area contributed by atoms with Gasteiger partial charge in [0.2, 0.25) is 0 Å². The van der Waals surface area contributed by atoms with Crippen LogP contribution in [-0.4, -0.2) is 67.7 Å². The lowest BCUT2D eigenvalue weighted by Gasteiger charge is -2.38. The third-order valence-corrected chi connectivity index (χ3v) is 6.15. The van der Waals surface area contributed by atoms with Gasteiger partial charge in [-0.05, 0) is 31.7 Å². The summed E-state index contributed by atoms with van der Waals surface area (Å²) in [7, 11) is -3.22. The molecule has 0 aromatic rings. The van der Waals surface area contributed by atoms with Crippen molar-refractivity contribution in [2.45, 2.75) is 33.1 Å². The summed E-state index contributed by atoms with van der Waals surface area (Å²) in [6.45, 7) is 9.81. The quantitative estimate of drug-likeness (QED) is 0.775. The van der Waals surface area contributed by atoms with Gasteiger partial charge in [0, 0.05) is 39.3 Å². The van der Waals surface area contributed by atoms with Gasteiger partial charge in [0.1, 0.15) is 0 Å². The average Bonchev–Trinajstić information content (AvgIpc) is 2.40. The maximum Gasteiger partial charge on any atom is 0.282 e. The summed E-state index contributed by atoms with van der Waals surface area (Å²) in [6.07, 6.45) is 3.28. The number of piperidine rings is 1. The van der Waals surface area contributed by atoms with Gasteiger partial charge in [-0.2, -0.15) is 17.0 Å². The first kappa shape index (κ1) is 15.2. The molecule has 0 bridgehead atoms. The van der Waals surface area contributed by atoms with Crippen LogP contribution in [-0.2, 0) is 10.2 Å². The van der Waals surface area contributed by atoms with Gasteiger partial charge in [-0.15, -0.1) is 0 Å². The molecule has 2 heterocycles. The normalized spacial score (nSPS) is 28.6. The minimum atomic E-state index is -3.22. The fourth-order valence-corrected chi connectivity index (χ4v) is 4.77. The number of hydrogen-bond donors (Lipinski definition) is 0. The molecule has 2 aliphatic heterocycles. The molecule has 19 heavy (non-hydrogen) atoms. The smallest absolute Gasteiger partial charge is 0.282 e. The van der Waals surface area contributed by atoms with Gasteiger partial charge >= 0.3 is 0 Å². The molecular weight excluding hydrogens is 262 g/mol. The van der Waals surface area contributed by atoms with Crippen molar-refractivity contribution in [1.29, 1.82) is 0 Å². The second kappa shape index (κ2) is 6.52. The van der Waals surface area contributed by atoms with Crippen LogP contribution < -0.4 is 0 Å². The molecule has 0 radical (unpaired) electrons. The van der Waals surface area contributed by atoms with Crippen molar-refractivity contribution in [1.82, 2.24) is 13.5 Å². The topological polar surface area (TPSA) is 43.9 Å². The lowest BCUT2D eigenvalue weighted by molar-refractivity contribution is 0.175. The molecule has 0 N–H and O–H groups in total. The maximum absolute atomic E-state index is 12.6. The molecule has 112 valence electrons. The lowest BCUT2D eigenvalue weighted by atomic mass is 10.0. The van der Waals surface area contributed by atoms with E-state index in [0.29, 0.717) is 32.1 Å². The third kappa shape index (κ3) is 3.68. The molecule has 5 nitrogen and oxygen atoms in total. The number of rotatable bonds is 4. The van der Waals surface area contributed by atoms with Gasteiger partial charge in [0.05, 0.1) is 0 Å². The Morgan fingerprint density at radius 1 is 1.05 bits per heavy atom. The van der Waals surface area contributed by atoms with Crippen molar-refractivity contribution in [2.75, 3.05) is 45.8 Å². The lowest BCUT2D eigenvalue weighted by Crippen LogP contribution is -2.54. The van der Waals surface area contributed by atoms with Crippen molar-refractivity contribution in [3.63, 3.8) is 0 Å². The van der Waals surface area contributed by atoms with Gasteiger partial charge < -0.3 is 4.90 Å². The van der Waals surface area contributed by atoms with E-state index >= 15 is 0 Å². The van der Waals surface area contributed by atoms with Gasteiger partial charge in [-0.25, -0.2) is 0 Å². The molecule has 2 aliphatic rings. The minimum Gasteiger partial charge on any atom is -0.301 e. The van der Waals surface area contributed by atoms with Crippen molar-refractivity contribution in [3.8, 4) is 0 Å². The van der Waals surface area contributed by atoms with Crippen LogP contribution in [0.1, 0.15) is 33.1 Å². The molecule has 0 aliphatic carbocycles. The molecule has 0 saturated carbocycles. The highest BCUT2D eigenvalue weighted by atomic mass is 32.2. The largest absolute Gasteiger partial charge is 0.301 e. The Morgan fingerprint density at radius 3 is 2.32 bits per heavy atom. The fourth-order valence-electron chi connectivity index (χ4n) is 3.02.